The third-order valence-electron chi connectivity index (χ3n) is 5.66. The van der Waals surface area contributed by atoms with Crippen molar-refractivity contribution in [2.24, 2.45) is 5.73 Å². The summed E-state index contributed by atoms with van der Waals surface area (Å²) < 4.78 is 15.6. The Bertz CT molecular complexity index is 788. The van der Waals surface area contributed by atoms with Crippen molar-refractivity contribution in [2.75, 3.05) is 113 Å². The van der Waals surface area contributed by atoms with Gasteiger partial charge in [0.25, 0.3) is 0 Å². The molecule has 0 fully saturated rings. The van der Waals surface area contributed by atoms with Gasteiger partial charge in [0.1, 0.15) is 6.29 Å². The minimum absolute atomic E-state index is 0.0685. The van der Waals surface area contributed by atoms with Gasteiger partial charge in [-0.25, -0.2) is 0 Å². The van der Waals surface area contributed by atoms with Crippen molar-refractivity contribution in [1.82, 2.24) is 20.0 Å². The van der Waals surface area contributed by atoms with E-state index >= 15 is 0 Å². The van der Waals surface area contributed by atoms with Gasteiger partial charge in [-0.05, 0) is 32.3 Å². The van der Waals surface area contributed by atoms with Gasteiger partial charge in [-0.2, -0.15) is 0 Å². The van der Waals surface area contributed by atoms with E-state index in [1.165, 1.54) is 0 Å². The number of aldehydes is 1. The predicted octanol–water partition coefficient (Wildman–Crippen LogP) is -0.523. The van der Waals surface area contributed by atoms with Crippen LogP contribution in [0.5, 0.6) is 0 Å². The molecule has 13 heteroatoms. The van der Waals surface area contributed by atoms with Crippen LogP contribution >= 0.6 is 0 Å². The number of rotatable bonds is 25. The molecule has 0 aromatic heterocycles. The van der Waals surface area contributed by atoms with Gasteiger partial charge in [0.2, 0.25) is 0 Å². The fourth-order valence-corrected chi connectivity index (χ4v) is 3.46. The molecule has 1 rings (SSSR count). The maximum absolute atomic E-state index is 11.1. The fraction of sp³-hybridized carbons (Fsp3) is 0.679. The number of carboxylic acids is 2. The third kappa shape index (κ3) is 25.0. The van der Waals surface area contributed by atoms with Crippen LogP contribution in [0.2, 0.25) is 0 Å². The first-order valence-electron chi connectivity index (χ1n) is 13.8. The van der Waals surface area contributed by atoms with Crippen molar-refractivity contribution in [1.29, 1.82) is 0 Å². The van der Waals surface area contributed by atoms with Crippen LogP contribution in [0.1, 0.15) is 11.1 Å². The van der Waals surface area contributed by atoms with Crippen LogP contribution in [-0.4, -0.2) is 156 Å². The summed E-state index contributed by atoms with van der Waals surface area (Å²) in [6.45, 7) is 8.05. The molecule has 0 saturated carbocycles. The van der Waals surface area contributed by atoms with Crippen LogP contribution in [0.25, 0.3) is 0 Å². The van der Waals surface area contributed by atoms with Crippen LogP contribution in [-0.2, 0) is 41.6 Å². The summed E-state index contributed by atoms with van der Waals surface area (Å²) in [7, 11) is 5.57. The van der Waals surface area contributed by atoms with Gasteiger partial charge >= 0.3 is 11.9 Å². The second kappa shape index (κ2) is 26.4. The molecule has 0 heterocycles. The zero-order valence-electron chi connectivity index (χ0n) is 25.0. The maximum Gasteiger partial charge on any atom is 0.317 e. The van der Waals surface area contributed by atoms with Gasteiger partial charge in [0, 0.05) is 52.2 Å². The van der Waals surface area contributed by atoms with E-state index in [-0.39, 0.29) is 13.1 Å². The number of hydrogen-bond acceptors (Lipinski definition) is 11. The van der Waals surface area contributed by atoms with Gasteiger partial charge in [0.05, 0.1) is 52.7 Å². The van der Waals surface area contributed by atoms with Crippen LogP contribution in [0, 0.1) is 0 Å². The van der Waals surface area contributed by atoms with Crippen molar-refractivity contribution >= 4 is 18.2 Å². The molecule has 0 aliphatic heterocycles. The number of hydrogen-bond donors (Lipinski definition) is 4. The number of likely N-dealkylation sites (N-methyl/N-ethyl adjacent to an activating group) is 3. The summed E-state index contributed by atoms with van der Waals surface area (Å²) in [6.07, 6.45) is 1.29. The van der Waals surface area contributed by atoms with Crippen molar-refractivity contribution < 1.29 is 38.8 Å². The number of nitrogens with one attached hydrogen (secondary N) is 1. The Morgan fingerprint density at radius 2 is 1.32 bits per heavy atom. The Labute approximate surface area is 244 Å². The molecule has 13 nitrogen and oxygen atoms in total. The predicted molar refractivity (Wildman–Crippen MR) is 157 cm³/mol. The quantitative estimate of drug-likeness (QED) is 0.0855. The van der Waals surface area contributed by atoms with Crippen LogP contribution in [0.4, 0.5) is 0 Å². The molecular formula is C28H51N5O8. The second-order valence-corrected chi connectivity index (χ2v) is 9.46. The molecule has 0 bridgehead atoms. The monoisotopic (exact) mass is 585 g/mol. The standard InChI is InChI=1S/C19H29N3O5.C9H22N2O3/c1-20(13-17-5-3-16(4-6-17)7-12-23)8-10-22(15-19(26)27)11-9-21(2)14-18(24)25;1-11-3-5-13-7-9-14-8-6-12-4-2-10/h3-6,12H,7-11,13-15H2,1-2H3,(H,24,25)(H,26,27);11H,2-10H2,1H3. The first kappa shape index (κ1) is 38.5. The largest absolute Gasteiger partial charge is 0.480 e. The van der Waals surface area contributed by atoms with Gasteiger partial charge in [-0.1, -0.05) is 24.3 Å². The van der Waals surface area contributed by atoms with Gasteiger partial charge in [0.15, 0.2) is 0 Å². The summed E-state index contributed by atoms with van der Waals surface area (Å²) in [5.41, 5.74) is 7.35. The van der Waals surface area contributed by atoms with E-state index in [0.717, 1.165) is 37.1 Å². The normalized spacial score (nSPS) is 11.1. The van der Waals surface area contributed by atoms with Crippen LogP contribution in [0.3, 0.4) is 0 Å². The van der Waals surface area contributed by atoms with E-state index in [0.29, 0.717) is 72.2 Å². The Morgan fingerprint density at radius 3 is 1.83 bits per heavy atom. The topological polar surface area (TPSA) is 167 Å². The molecular weight excluding hydrogens is 534 g/mol. The SMILES string of the molecule is CN(CCN(CCN(C)Cc1ccc(CC=O)cc1)CC(=O)O)CC(=O)O.CNCCOCCOCCOCCN. The molecule has 0 saturated heterocycles. The molecule has 0 unspecified atom stereocenters. The molecule has 5 N–H and O–H groups in total. The van der Waals surface area contributed by atoms with Crippen molar-refractivity contribution in [3.05, 3.63) is 35.4 Å². The molecule has 0 radical (unpaired) electrons. The average molecular weight is 586 g/mol. The lowest BCUT2D eigenvalue weighted by atomic mass is 10.1. The summed E-state index contributed by atoms with van der Waals surface area (Å²) in [4.78, 5) is 37.9. The summed E-state index contributed by atoms with van der Waals surface area (Å²) in [5.74, 6) is -1.80. The minimum atomic E-state index is -0.902. The molecule has 0 amide bonds. The minimum Gasteiger partial charge on any atom is -0.480 e. The van der Waals surface area contributed by atoms with Crippen LogP contribution < -0.4 is 11.1 Å². The number of nitrogens with zero attached hydrogens (tertiary/aromatic N) is 3. The summed E-state index contributed by atoms with van der Waals surface area (Å²) in [5, 5.41) is 20.9. The van der Waals surface area contributed by atoms with E-state index in [2.05, 4.69) is 10.2 Å². The number of nitrogens with two attached hydrogens (primary N) is 1. The van der Waals surface area contributed by atoms with Crippen molar-refractivity contribution in [3.8, 4) is 0 Å². The number of benzene rings is 1. The zero-order valence-corrected chi connectivity index (χ0v) is 25.0. The van der Waals surface area contributed by atoms with Crippen molar-refractivity contribution in [3.63, 3.8) is 0 Å². The summed E-state index contributed by atoms with van der Waals surface area (Å²) >= 11 is 0. The fourth-order valence-electron chi connectivity index (χ4n) is 3.46. The van der Waals surface area contributed by atoms with E-state index in [1.54, 1.807) is 11.9 Å². The zero-order chi connectivity index (χ0) is 30.7. The lowest BCUT2D eigenvalue weighted by molar-refractivity contribution is -0.140. The highest BCUT2D eigenvalue weighted by atomic mass is 16.5. The summed E-state index contributed by atoms with van der Waals surface area (Å²) in [6, 6.07) is 7.86. The highest BCUT2D eigenvalue weighted by Crippen LogP contribution is 2.07. The highest BCUT2D eigenvalue weighted by Gasteiger charge is 2.13. The third-order valence-corrected chi connectivity index (χ3v) is 5.66. The molecule has 1 aromatic carbocycles. The Hall–Kier alpha value is -2.49. The molecule has 41 heavy (non-hydrogen) atoms. The highest BCUT2D eigenvalue weighted by molar-refractivity contribution is 5.69. The maximum atomic E-state index is 11.1. The van der Waals surface area contributed by atoms with Gasteiger partial charge < -0.3 is 45.2 Å². The Balaban J connectivity index is 0.000000964. The molecule has 1 aromatic rings. The lowest BCUT2D eigenvalue weighted by Gasteiger charge is -2.26. The molecule has 0 atom stereocenters. The van der Waals surface area contributed by atoms with E-state index < -0.39 is 11.9 Å². The molecule has 0 aliphatic rings. The van der Waals surface area contributed by atoms with E-state index in [4.69, 9.17) is 30.2 Å². The van der Waals surface area contributed by atoms with Gasteiger partial charge in [-0.3, -0.25) is 19.4 Å². The molecule has 0 spiro atoms. The Kier molecular flexibility index (Phi) is 24.8. The first-order chi connectivity index (χ1) is 19.7. The molecule has 236 valence electrons. The van der Waals surface area contributed by atoms with E-state index in [1.807, 2.05) is 43.3 Å². The van der Waals surface area contributed by atoms with Crippen LogP contribution in [0.15, 0.2) is 24.3 Å². The van der Waals surface area contributed by atoms with E-state index in [9.17, 15) is 14.4 Å². The average Bonchev–Trinajstić information content (AvgIpc) is 2.92. The first-order valence-corrected chi connectivity index (χ1v) is 13.8. The Morgan fingerprint density at radius 1 is 0.805 bits per heavy atom. The number of carboxylic acid groups (broad SMARTS) is 2. The lowest BCUT2D eigenvalue weighted by Crippen LogP contribution is -2.41. The molecule has 0 aliphatic carbocycles. The second-order valence-electron chi connectivity index (χ2n) is 9.46. The number of carbonyl (C=O) groups excluding carboxylic acids is 1. The van der Waals surface area contributed by atoms with Gasteiger partial charge in [-0.15, -0.1) is 0 Å². The van der Waals surface area contributed by atoms with Crippen molar-refractivity contribution in [2.45, 2.75) is 13.0 Å². The smallest absolute Gasteiger partial charge is 0.317 e. The number of aliphatic carboxylic acids is 2. The number of carbonyl (C=O) groups is 3. The number of ether oxygens (including phenoxy) is 3.